The second kappa shape index (κ2) is 9.65. The maximum absolute atomic E-state index is 11.7. The highest BCUT2D eigenvalue weighted by atomic mass is 16.1. The van der Waals surface area contributed by atoms with Gasteiger partial charge in [0.2, 0.25) is 0 Å². The van der Waals surface area contributed by atoms with Crippen LogP contribution in [0.15, 0.2) is 42.5 Å². The van der Waals surface area contributed by atoms with Crippen molar-refractivity contribution in [2.24, 2.45) is 0 Å². The van der Waals surface area contributed by atoms with E-state index in [4.69, 9.17) is 0 Å². The first-order chi connectivity index (χ1) is 15.6. The normalized spacial score (nSPS) is 20.6. The van der Waals surface area contributed by atoms with Gasteiger partial charge in [0.25, 0.3) is 0 Å². The third-order valence-electron chi connectivity index (χ3n) is 6.87. The molecular formula is C26H31N3O3. The van der Waals surface area contributed by atoms with Gasteiger partial charge in [-0.1, -0.05) is 13.3 Å². The van der Waals surface area contributed by atoms with E-state index in [9.17, 15) is 14.4 Å². The van der Waals surface area contributed by atoms with E-state index >= 15 is 0 Å². The number of anilines is 2. The Kier molecular flexibility index (Phi) is 6.70. The molecule has 0 amide bonds. The molecule has 3 aliphatic heterocycles. The maximum atomic E-state index is 11.7. The van der Waals surface area contributed by atoms with Crippen LogP contribution in [0.25, 0.3) is 0 Å². The summed E-state index contributed by atoms with van der Waals surface area (Å²) in [5.41, 5.74) is 4.65. The number of hydrogen-bond acceptors (Lipinski definition) is 6. The molecule has 0 N–H and O–H groups in total. The van der Waals surface area contributed by atoms with Crippen LogP contribution < -0.4 is 9.80 Å². The van der Waals surface area contributed by atoms with E-state index in [0.717, 1.165) is 68.1 Å². The number of likely N-dealkylation sites (N-methyl/N-ethyl adjacent to an activating group) is 1. The van der Waals surface area contributed by atoms with Crippen LogP contribution in [0.3, 0.4) is 0 Å². The van der Waals surface area contributed by atoms with Crippen molar-refractivity contribution in [1.29, 1.82) is 0 Å². The molecule has 0 aromatic heterocycles. The van der Waals surface area contributed by atoms with Crippen molar-refractivity contribution in [1.82, 2.24) is 4.90 Å². The fourth-order valence-corrected chi connectivity index (χ4v) is 5.08. The summed E-state index contributed by atoms with van der Waals surface area (Å²) in [4.78, 5) is 40.9. The van der Waals surface area contributed by atoms with Crippen LogP contribution in [0.5, 0.6) is 0 Å². The standard InChI is InChI=1S/C26H31N3O3/c1-3-4-24(18-32)27(2)13-21-11-23(10-7-20(21)17-31)29-25-12-26(29)15-28(14-25)22-8-5-19(16-30)6-9-22/h5-11,16-18,24-26H,3-4,12-15H2,1-2H3. The molecule has 0 spiro atoms. The zero-order valence-electron chi connectivity index (χ0n) is 18.8. The van der Waals surface area contributed by atoms with E-state index in [1.807, 2.05) is 48.3 Å². The van der Waals surface area contributed by atoms with Gasteiger partial charge >= 0.3 is 0 Å². The van der Waals surface area contributed by atoms with Crippen molar-refractivity contribution in [2.45, 2.75) is 50.9 Å². The highest BCUT2D eigenvalue weighted by molar-refractivity contribution is 5.79. The lowest BCUT2D eigenvalue weighted by atomic mass is 9.86. The quantitative estimate of drug-likeness (QED) is 0.534. The van der Waals surface area contributed by atoms with Crippen LogP contribution in [0.2, 0.25) is 0 Å². The van der Waals surface area contributed by atoms with Gasteiger partial charge in [0.15, 0.2) is 0 Å². The predicted molar refractivity (Wildman–Crippen MR) is 127 cm³/mol. The van der Waals surface area contributed by atoms with Gasteiger partial charge in [-0.05, 0) is 67.9 Å². The number of hydrogen-bond donors (Lipinski definition) is 0. The summed E-state index contributed by atoms with van der Waals surface area (Å²) < 4.78 is 0. The number of aldehydes is 3. The fraction of sp³-hybridized carbons (Fsp3) is 0.423. The van der Waals surface area contributed by atoms with Gasteiger partial charge in [-0.2, -0.15) is 0 Å². The second-order valence-corrected chi connectivity index (χ2v) is 8.97. The van der Waals surface area contributed by atoms with Crippen molar-refractivity contribution < 1.29 is 14.4 Å². The first-order valence-electron chi connectivity index (χ1n) is 11.4. The number of carbonyl (C=O) groups is 3. The van der Waals surface area contributed by atoms with E-state index in [0.29, 0.717) is 29.8 Å². The Bertz CT molecular complexity index is 963. The first-order valence-corrected chi connectivity index (χ1v) is 11.4. The molecule has 6 nitrogen and oxygen atoms in total. The number of piperidine rings is 1. The van der Waals surface area contributed by atoms with Gasteiger partial charge in [-0.25, -0.2) is 0 Å². The summed E-state index contributed by atoms with van der Waals surface area (Å²) in [6.07, 6.45) is 5.71. The highest BCUT2D eigenvalue weighted by Crippen LogP contribution is 2.39. The molecule has 3 aliphatic rings. The van der Waals surface area contributed by atoms with Crippen molar-refractivity contribution in [3.8, 4) is 0 Å². The van der Waals surface area contributed by atoms with Crippen LogP contribution in [-0.4, -0.2) is 62.0 Å². The minimum Gasteiger partial charge on any atom is -0.367 e. The van der Waals surface area contributed by atoms with Crippen molar-refractivity contribution in [3.63, 3.8) is 0 Å². The molecule has 2 bridgehead atoms. The molecule has 0 aliphatic carbocycles. The molecule has 5 rings (SSSR count). The van der Waals surface area contributed by atoms with Crippen molar-refractivity contribution >= 4 is 30.2 Å². The van der Waals surface area contributed by atoms with Gasteiger partial charge < -0.3 is 14.6 Å². The number of piperazine rings is 1. The number of rotatable bonds is 10. The minimum atomic E-state index is -0.134. The van der Waals surface area contributed by atoms with Crippen molar-refractivity contribution in [2.75, 3.05) is 29.9 Å². The SMILES string of the molecule is CCCC(C=O)N(C)Cc1cc(N2C3CC2CN(c2ccc(C=O)cc2)C3)ccc1C=O. The Balaban J connectivity index is 1.49. The first kappa shape index (κ1) is 22.2. The smallest absolute Gasteiger partial charge is 0.150 e. The number of fused-ring (bicyclic) bond motifs is 2. The Labute approximate surface area is 189 Å². The average Bonchev–Trinajstić information content (AvgIpc) is 2.82. The minimum absolute atomic E-state index is 0.134. The molecule has 0 radical (unpaired) electrons. The summed E-state index contributed by atoms with van der Waals surface area (Å²) in [6.45, 7) is 4.52. The number of nitrogens with zero attached hydrogens (tertiary/aromatic N) is 3. The van der Waals surface area contributed by atoms with Crippen LogP contribution in [-0.2, 0) is 11.3 Å². The van der Waals surface area contributed by atoms with Crippen LogP contribution in [0, 0.1) is 0 Å². The lowest BCUT2D eigenvalue weighted by Gasteiger charge is -2.58. The summed E-state index contributed by atoms with van der Waals surface area (Å²) in [5.74, 6) is 0. The monoisotopic (exact) mass is 433 g/mol. The van der Waals surface area contributed by atoms with E-state index in [1.54, 1.807) is 0 Å². The maximum Gasteiger partial charge on any atom is 0.150 e. The molecule has 3 heterocycles. The molecule has 168 valence electrons. The summed E-state index contributed by atoms with van der Waals surface area (Å²) in [5, 5.41) is 0. The Morgan fingerprint density at radius 2 is 1.69 bits per heavy atom. The molecule has 32 heavy (non-hydrogen) atoms. The number of benzene rings is 2. The Morgan fingerprint density at radius 3 is 2.28 bits per heavy atom. The van der Waals surface area contributed by atoms with E-state index in [2.05, 4.69) is 22.8 Å². The van der Waals surface area contributed by atoms with Gasteiger partial charge in [-0.15, -0.1) is 0 Å². The lowest BCUT2D eigenvalue weighted by Crippen LogP contribution is -2.69. The molecule has 2 aromatic carbocycles. The molecule has 0 saturated carbocycles. The topological polar surface area (TPSA) is 60.9 Å². The summed E-state index contributed by atoms with van der Waals surface area (Å²) in [6, 6.07) is 14.6. The molecule has 3 fully saturated rings. The molecule has 2 aromatic rings. The van der Waals surface area contributed by atoms with Crippen LogP contribution in [0.4, 0.5) is 11.4 Å². The zero-order valence-corrected chi connectivity index (χ0v) is 18.8. The third-order valence-corrected chi connectivity index (χ3v) is 6.87. The summed E-state index contributed by atoms with van der Waals surface area (Å²) in [7, 11) is 1.95. The number of carbonyl (C=O) groups excluding carboxylic acids is 3. The molecule has 3 unspecified atom stereocenters. The van der Waals surface area contributed by atoms with E-state index in [-0.39, 0.29) is 6.04 Å². The van der Waals surface area contributed by atoms with Crippen LogP contribution in [0.1, 0.15) is 52.5 Å². The average molecular weight is 434 g/mol. The van der Waals surface area contributed by atoms with Gasteiger partial charge in [-0.3, -0.25) is 14.5 Å². The van der Waals surface area contributed by atoms with Gasteiger partial charge in [0.05, 0.1) is 6.04 Å². The van der Waals surface area contributed by atoms with Crippen molar-refractivity contribution in [3.05, 3.63) is 59.2 Å². The highest BCUT2D eigenvalue weighted by Gasteiger charge is 2.44. The Morgan fingerprint density at radius 1 is 1.00 bits per heavy atom. The van der Waals surface area contributed by atoms with Crippen LogP contribution >= 0.6 is 0 Å². The Hall–Kier alpha value is -2.99. The van der Waals surface area contributed by atoms with E-state index < -0.39 is 0 Å². The van der Waals surface area contributed by atoms with Gasteiger partial charge in [0.1, 0.15) is 18.9 Å². The lowest BCUT2D eigenvalue weighted by molar-refractivity contribution is -0.112. The fourth-order valence-electron chi connectivity index (χ4n) is 5.08. The molecular weight excluding hydrogens is 402 g/mol. The second-order valence-electron chi connectivity index (χ2n) is 8.97. The zero-order chi connectivity index (χ0) is 22.7. The van der Waals surface area contributed by atoms with E-state index in [1.165, 1.54) is 0 Å². The predicted octanol–water partition coefficient (Wildman–Crippen LogP) is 3.58. The molecule has 3 atom stereocenters. The third kappa shape index (κ3) is 4.32. The van der Waals surface area contributed by atoms with Gasteiger partial charge in [0, 0.05) is 54.2 Å². The summed E-state index contributed by atoms with van der Waals surface area (Å²) >= 11 is 0. The molecule has 6 heteroatoms. The molecule has 3 saturated heterocycles. The largest absolute Gasteiger partial charge is 0.367 e.